The van der Waals surface area contributed by atoms with Gasteiger partial charge in [0.2, 0.25) is 0 Å². The molecule has 4 rings (SSSR count). The Labute approximate surface area is 154 Å². The Hall–Kier alpha value is -1.07. The molecule has 0 amide bonds. The van der Waals surface area contributed by atoms with Crippen LogP contribution in [0.5, 0.6) is 0 Å². The monoisotopic (exact) mass is 362 g/mol. The summed E-state index contributed by atoms with van der Waals surface area (Å²) in [5, 5.41) is 20.5. The van der Waals surface area contributed by atoms with Crippen LogP contribution in [-0.4, -0.2) is 40.8 Å². The molecule has 4 aliphatic carbocycles. The summed E-state index contributed by atoms with van der Waals surface area (Å²) in [6.45, 7) is 1.71. The van der Waals surface area contributed by atoms with Crippen molar-refractivity contribution in [3.8, 4) is 0 Å². The van der Waals surface area contributed by atoms with Gasteiger partial charge in [-0.1, -0.05) is 6.92 Å². The maximum absolute atomic E-state index is 12.3. The molecule has 0 aromatic carbocycles. The quantitative estimate of drug-likeness (QED) is 0.749. The molecular formula is C21H30O5. The van der Waals surface area contributed by atoms with Gasteiger partial charge in [-0.2, -0.15) is 0 Å². The van der Waals surface area contributed by atoms with E-state index in [0.717, 1.165) is 32.0 Å². The lowest BCUT2D eigenvalue weighted by Crippen LogP contribution is -2.60. The molecule has 0 heterocycles. The summed E-state index contributed by atoms with van der Waals surface area (Å²) in [4.78, 5) is 36.5. The van der Waals surface area contributed by atoms with E-state index in [2.05, 4.69) is 6.92 Å². The third-order valence-corrected chi connectivity index (χ3v) is 8.78. The van der Waals surface area contributed by atoms with Gasteiger partial charge in [0.1, 0.15) is 18.7 Å². The molecule has 1 unspecified atom stereocenters. The number of hydrogen-bond donors (Lipinski definition) is 2. The lowest BCUT2D eigenvalue weighted by molar-refractivity contribution is -0.178. The molecule has 5 nitrogen and oxygen atoms in total. The first kappa shape index (κ1) is 18.3. The van der Waals surface area contributed by atoms with Gasteiger partial charge in [-0.3, -0.25) is 9.59 Å². The summed E-state index contributed by atoms with van der Waals surface area (Å²) >= 11 is 0. The molecule has 2 N–H and O–H groups in total. The fraction of sp³-hybridized carbons (Fsp3) is 0.857. The molecule has 0 radical (unpaired) electrons. The highest BCUT2D eigenvalue weighted by Crippen LogP contribution is 2.66. The number of hydrogen-bond acceptors (Lipinski definition) is 5. The number of ketones is 2. The average Bonchev–Trinajstić information content (AvgIpc) is 3.00. The van der Waals surface area contributed by atoms with E-state index in [1.807, 2.05) is 0 Å². The fourth-order valence-corrected chi connectivity index (χ4v) is 7.66. The Bertz CT molecular complexity index is 630. The van der Waals surface area contributed by atoms with E-state index in [1.165, 1.54) is 0 Å². The normalized spacial score (nSPS) is 50.5. The van der Waals surface area contributed by atoms with E-state index in [4.69, 9.17) is 0 Å². The first-order valence-electron chi connectivity index (χ1n) is 10.2. The second-order valence-electron chi connectivity index (χ2n) is 9.58. The molecule has 0 bridgehead atoms. The van der Waals surface area contributed by atoms with Gasteiger partial charge < -0.3 is 15.0 Å². The van der Waals surface area contributed by atoms with Crippen molar-refractivity contribution in [2.75, 3.05) is 6.61 Å². The van der Waals surface area contributed by atoms with Crippen LogP contribution >= 0.6 is 0 Å². The topological polar surface area (TPSA) is 91.7 Å². The van der Waals surface area contributed by atoms with Crippen molar-refractivity contribution in [3.05, 3.63) is 0 Å². The van der Waals surface area contributed by atoms with Crippen molar-refractivity contribution in [1.29, 1.82) is 0 Å². The van der Waals surface area contributed by atoms with E-state index < -0.39 is 24.0 Å². The molecule has 0 aromatic heterocycles. The highest BCUT2D eigenvalue weighted by Gasteiger charge is 2.65. The molecule has 5 heteroatoms. The van der Waals surface area contributed by atoms with Crippen LogP contribution in [0.4, 0.5) is 0 Å². The minimum Gasteiger partial charge on any atom is -0.393 e. The number of rotatable bonds is 3. The zero-order valence-electron chi connectivity index (χ0n) is 15.5. The number of carbonyl (C=O) groups excluding carboxylic acids is 3. The number of aliphatic hydroxyl groups is 2. The maximum atomic E-state index is 12.3. The van der Waals surface area contributed by atoms with Crippen LogP contribution < -0.4 is 0 Å². The van der Waals surface area contributed by atoms with E-state index >= 15 is 0 Å². The Morgan fingerprint density at radius 1 is 1.27 bits per heavy atom. The standard InChI is InChI=1S/C21H30O5/c1-20-7-6-13(24)8-12(20)2-3-14-15-4-5-16(18(26)10-22)21(15,11-23)9-17(25)19(14)20/h11-12,14-17,19,22,25H,2-10H2,1H3/t12?,14-,15-,16+,17-,19+,20-,21+/m0/s1. The Kier molecular flexibility index (Phi) is 4.39. The van der Waals surface area contributed by atoms with E-state index in [0.29, 0.717) is 37.4 Å². The Morgan fingerprint density at radius 3 is 2.73 bits per heavy atom. The zero-order chi connectivity index (χ0) is 18.7. The van der Waals surface area contributed by atoms with Crippen molar-refractivity contribution in [1.82, 2.24) is 0 Å². The zero-order valence-corrected chi connectivity index (χ0v) is 15.5. The number of aldehydes is 1. The van der Waals surface area contributed by atoms with Crippen LogP contribution in [0, 0.1) is 40.4 Å². The Balaban J connectivity index is 1.70. The van der Waals surface area contributed by atoms with E-state index in [1.54, 1.807) is 0 Å². The lowest BCUT2D eigenvalue weighted by atomic mass is 9.44. The lowest BCUT2D eigenvalue weighted by Gasteiger charge is -2.61. The summed E-state index contributed by atoms with van der Waals surface area (Å²) < 4.78 is 0. The minimum atomic E-state index is -0.811. The van der Waals surface area contributed by atoms with Crippen molar-refractivity contribution >= 4 is 17.9 Å². The van der Waals surface area contributed by atoms with Crippen LogP contribution in [0.2, 0.25) is 0 Å². The van der Waals surface area contributed by atoms with Gasteiger partial charge in [-0.25, -0.2) is 0 Å². The summed E-state index contributed by atoms with van der Waals surface area (Å²) in [7, 11) is 0. The van der Waals surface area contributed by atoms with Gasteiger partial charge in [-0.15, -0.1) is 0 Å². The molecule has 4 fully saturated rings. The molecule has 0 aliphatic heterocycles. The predicted molar refractivity (Wildman–Crippen MR) is 94.1 cm³/mol. The van der Waals surface area contributed by atoms with E-state index in [-0.39, 0.29) is 29.0 Å². The van der Waals surface area contributed by atoms with Crippen LogP contribution in [0.1, 0.15) is 58.3 Å². The summed E-state index contributed by atoms with van der Waals surface area (Å²) in [5.74, 6) is 0.416. The second kappa shape index (κ2) is 6.23. The summed E-state index contributed by atoms with van der Waals surface area (Å²) in [5.41, 5.74) is -0.863. The average molecular weight is 362 g/mol. The number of fused-ring (bicyclic) bond motifs is 5. The van der Waals surface area contributed by atoms with Crippen LogP contribution in [0.3, 0.4) is 0 Å². The number of Topliss-reactive ketones (excluding diaryl/α,β-unsaturated/α-hetero) is 2. The minimum absolute atomic E-state index is 0.0512. The molecule has 26 heavy (non-hydrogen) atoms. The van der Waals surface area contributed by atoms with Gasteiger partial charge in [0.25, 0.3) is 0 Å². The molecule has 0 saturated heterocycles. The number of carbonyl (C=O) groups is 3. The molecule has 144 valence electrons. The highest BCUT2D eigenvalue weighted by atomic mass is 16.3. The smallest absolute Gasteiger partial charge is 0.162 e. The SMILES string of the molecule is C[C@]12CCC(=O)CC1CC[C@@H]1[C@@H]2[C@@H](O)C[C@]2(C=O)[C@@H](C(=O)CO)CC[C@@H]12. The molecule has 4 saturated carbocycles. The van der Waals surface area contributed by atoms with Gasteiger partial charge in [0.05, 0.1) is 6.10 Å². The van der Waals surface area contributed by atoms with Crippen molar-refractivity contribution in [3.63, 3.8) is 0 Å². The van der Waals surface area contributed by atoms with Gasteiger partial charge >= 0.3 is 0 Å². The van der Waals surface area contributed by atoms with Crippen LogP contribution in [-0.2, 0) is 14.4 Å². The Morgan fingerprint density at radius 2 is 2.04 bits per heavy atom. The summed E-state index contributed by atoms with van der Waals surface area (Å²) in [6, 6.07) is 0. The van der Waals surface area contributed by atoms with Crippen LogP contribution in [0.15, 0.2) is 0 Å². The first-order chi connectivity index (χ1) is 12.4. The first-order valence-corrected chi connectivity index (χ1v) is 10.2. The summed E-state index contributed by atoms with van der Waals surface area (Å²) in [6.07, 6.45) is 6.05. The molecule has 0 aromatic rings. The van der Waals surface area contributed by atoms with Gasteiger partial charge in [-0.05, 0) is 67.6 Å². The fourth-order valence-electron chi connectivity index (χ4n) is 7.66. The van der Waals surface area contributed by atoms with Crippen molar-refractivity contribution < 1.29 is 24.6 Å². The third kappa shape index (κ3) is 2.32. The maximum Gasteiger partial charge on any atom is 0.162 e. The molecular weight excluding hydrogens is 332 g/mol. The van der Waals surface area contributed by atoms with Gasteiger partial charge in [0, 0.05) is 24.2 Å². The van der Waals surface area contributed by atoms with Crippen molar-refractivity contribution in [2.24, 2.45) is 40.4 Å². The molecule has 8 atom stereocenters. The van der Waals surface area contributed by atoms with Crippen molar-refractivity contribution in [2.45, 2.75) is 64.4 Å². The molecule has 0 spiro atoms. The van der Waals surface area contributed by atoms with Gasteiger partial charge in [0.15, 0.2) is 5.78 Å². The second-order valence-corrected chi connectivity index (χ2v) is 9.58. The highest BCUT2D eigenvalue weighted by molar-refractivity contribution is 5.87. The number of aliphatic hydroxyl groups excluding tert-OH is 2. The largest absolute Gasteiger partial charge is 0.393 e. The molecule has 4 aliphatic rings. The third-order valence-electron chi connectivity index (χ3n) is 8.78. The van der Waals surface area contributed by atoms with E-state index in [9.17, 15) is 24.6 Å². The van der Waals surface area contributed by atoms with Crippen LogP contribution in [0.25, 0.3) is 0 Å². The predicted octanol–water partition coefficient (Wildman–Crippen LogP) is 1.93.